The average molecular weight is 553 g/mol. The molecule has 3 aliphatic rings. The van der Waals surface area contributed by atoms with Crippen molar-refractivity contribution in [3.63, 3.8) is 0 Å². The predicted octanol–water partition coefficient (Wildman–Crippen LogP) is 5.86. The number of halogens is 2. The van der Waals surface area contributed by atoms with E-state index in [4.69, 9.17) is 22.1 Å². The number of ether oxygens (including phenoxy) is 1. The quantitative estimate of drug-likeness (QED) is 0.390. The molecule has 0 bridgehead atoms. The lowest BCUT2D eigenvalue weighted by molar-refractivity contribution is -0.133. The molecular weight excluding hydrogens is 519 g/mol. The summed E-state index contributed by atoms with van der Waals surface area (Å²) in [5, 5.41) is 3.13. The van der Waals surface area contributed by atoms with Crippen LogP contribution >= 0.6 is 11.6 Å². The third-order valence-electron chi connectivity index (χ3n) is 9.72. The number of hydrogen-bond acceptors (Lipinski definition) is 8. The minimum Gasteiger partial charge on any atom is -0.460 e. The lowest BCUT2D eigenvalue weighted by Gasteiger charge is -2.38. The number of nitrogens with one attached hydrogen (secondary N) is 1. The molecule has 2 aromatic heterocycles. The third-order valence-corrected chi connectivity index (χ3v) is 10.0. The maximum atomic E-state index is 13.9. The second kappa shape index (κ2) is 9.63. The fourth-order valence-corrected chi connectivity index (χ4v) is 7.67. The Morgan fingerprint density at radius 3 is 2.64 bits per heavy atom. The van der Waals surface area contributed by atoms with Crippen molar-refractivity contribution in [1.82, 2.24) is 19.9 Å². The molecule has 3 saturated carbocycles. The van der Waals surface area contributed by atoms with Gasteiger partial charge in [0.25, 0.3) is 0 Å². The van der Waals surface area contributed by atoms with Gasteiger partial charge in [-0.2, -0.15) is 4.98 Å². The first-order valence-electron chi connectivity index (χ1n) is 13.8. The molecule has 4 unspecified atom stereocenters. The van der Waals surface area contributed by atoms with E-state index in [1.165, 1.54) is 18.5 Å². The van der Waals surface area contributed by atoms with Crippen LogP contribution < -0.4 is 15.8 Å². The van der Waals surface area contributed by atoms with E-state index in [-0.39, 0.29) is 39.9 Å². The summed E-state index contributed by atoms with van der Waals surface area (Å²) in [5.41, 5.74) is 7.93. The predicted molar refractivity (Wildman–Crippen MR) is 147 cm³/mol. The number of nitrogens with zero attached hydrogens (tertiary/aromatic N) is 4. The van der Waals surface area contributed by atoms with Gasteiger partial charge in [-0.1, -0.05) is 32.4 Å². The molecule has 0 spiro atoms. The molecule has 2 heterocycles. The fraction of sp³-hybridized carbons (Fsp3) is 0.552. The van der Waals surface area contributed by atoms with Crippen LogP contribution in [-0.4, -0.2) is 37.9 Å². The second-order valence-corrected chi connectivity index (χ2v) is 12.4. The van der Waals surface area contributed by atoms with Crippen LogP contribution in [0.3, 0.4) is 0 Å². The van der Waals surface area contributed by atoms with Gasteiger partial charge >= 0.3 is 6.01 Å². The van der Waals surface area contributed by atoms with Crippen LogP contribution in [0.15, 0.2) is 30.7 Å². The summed E-state index contributed by atoms with van der Waals surface area (Å²) in [6.07, 6.45) is 8.20. The van der Waals surface area contributed by atoms with Crippen molar-refractivity contribution in [2.45, 2.75) is 71.4 Å². The van der Waals surface area contributed by atoms with Crippen molar-refractivity contribution in [3.8, 4) is 6.01 Å². The monoisotopic (exact) mass is 552 g/mol. The van der Waals surface area contributed by atoms with E-state index in [1.54, 1.807) is 12.3 Å². The van der Waals surface area contributed by atoms with Gasteiger partial charge in [-0.3, -0.25) is 4.79 Å². The topological polar surface area (TPSA) is 116 Å². The number of nitrogens with two attached hydrogens (primary N) is 1. The molecule has 39 heavy (non-hydrogen) atoms. The van der Waals surface area contributed by atoms with Gasteiger partial charge in [0.1, 0.15) is 35.1 Å². The molecule has 8 nitrogen and oxygen atoms in total. The van der Waals surface area contributed by atoms with Gasteiger partial charge in [-0.25, -0.2) is 19.3 Å². The van der Waals surface area contributed by atoms with Gasteiger partial charge in [-0.15, -0.1) is 0 Å². The first-order chi connectivity index (χ1) is 18.6. The molecule has 206 valence electrons. The normalized spacial score (nSPS) is 31.4. The molecule has 3 fully saturated rings. The molecule has 10 heteroatoms. The van der Waals surface area contributed by atoms with Crippen molar-refractivity contribution in [2.24, 2.45) is 34.3 Å². The van der Waals surface area contributed by atoms with E-state index in [1.807, 2.05) is 0 Å². The van der Waals surface area contributed by atoms with Gasteiger partial charge in [0, 0.05) is 17.6 Å². The van der Waals surface area contributed by atoms with Crippen LogP contribution in [0.4, 0.5) is 15.9 Å². The summed E-state index contributed by atoms with van der Waals surface area (Å²) < 4.78 is 19.7. The van der Waals surface area contributed by atoms with E-state index < -0.39 is 5.82 Å². The Bertz CT molecular complexity index is 1430. The van der Waals surface area contributed by atoms with Gasteiger partial charge in [-0.05, 0) is 74.0 Å². The summed E-state index contributed by atoms with van der Waals surface area (Å²) in [7, 11) is 0. The second-order valence-electron chi connectivity index (χ2n) is 12.0. The number of benzene rings is 1. The van der Waals surface area contributed by atoms with Gasteiger partial charge in [0.15, 0.2) is 5.82 Å². The highest BCUT2D eigenvalue weighted by Crippen LogP contribution is 2.76. The lowest BCUT2D eigenvalue weighted by atomic mass is 9.68. The fourth-order valence-electron chi connectivity index (χ4n) is 7.49. The zero-order valence-electron chi connectivity index (χ0n) is 22.5. The van der Waals surface area contributed by atoms with Crippen LogP contribution in [0.25, 0.3) is 11.0 Å². The standard InChI is InChI=1S/C29H34ClFN6O2/c1-15-4-11-22-28(2,3)29(22,24(15)32)25(38)16-5-8-18(9-6-16)39-27-33-13-21-23(37-27)26(35-14-34-21)36-17-7-10-20(31)19(30)12-17/h7,10,12-16,18,22,24H,4-6,8-9,11,32H2,1-3H3,(H,34,35,36). The van der Waals surface area contributed by atoms with Crippen LogP contribution in [0, 0.1) is 34.4 Å². The van der Waals surface area contributed by atoms with Crippen LogP contribution in [-0.2, 0) is 4.79 Å². The van der Waals surface area contributed by atoms with Gasteiger partial charge in [0.2, 0.25) is 0 Å². The van der Waals surface area contributed by atoms with Crippen molar-refractivity contribution < 1.29 is 13.9 Å². The molecule has 0 saturated heterocycles. The third kappa shape index (κ3) is 4.25. The summed E-state index contributed by atoms with van der Waals surface area (Å²) in [6, 6.07) is 4.51. The van der Waals surface area contributed by atoms with Crippen LogP contribution in [0.5, 0.6) is 6.01 Å². The Balaban J connectivity index is 1.14. The van der Waals surface area contributed by atoms with Crippen molar-refractivity contribution in [2.75, 3.05) is 5.32 Å². The zero-order chi connectivity index (χ0) is 27.5. The SMILES string of the molecule is CC1CCC2C(C)(C)C2(C(=O)C2CCC(Oc3ncc4ncnc(Nc5ccc(F)c(Cl)c5)c4n3)CC2)C1N. The molecule has 4 atom stereocenters. The van der Waals surface area contributed by atoms with E-state index in [2.05, 4.69) is 46.0 Å². The average Bonchev–Trinajstić information content (AvgIpc) is 3.44. The summed E-state index contributed by atoms with van der Waals surface area (Å²) in [4.78, 5) is 31.4. The molecule has 1 aromatic carbocycles. The molecular formula is C29H34ClFN6O2. The van der Waals surface area contributed by atoms with Crippen LogP contribution in [0.2, 0.25) is 5.02 Å². The first kappa shape index (κ1) is 26.3. The van der Waals surface area contributed by atoms with E-state index >= 15 is 0 Å². The molecule has 3 aliphatic carbocycles. The minimum absolute atomic E-state index is 0.00597. The number of fused-ring (bicyclic) bond motifs is 2. The van der Waals surface area contributed by atoms with E-state index in [9.17, 15) is 9.18 Å². The smallest absolute Gasteiger partial charge is 0.317 e. The number of ketones is 1. The van der Waals surface area contributed by atoms with E-state index in [0.717, 1.165) is 38.5 Å². The molecule has 0 aliphatic heterocycles. The number of carbonyl (C=O) groups is 1. The lowest BCUT2D eigenvalue weighted by Crippen LogP contribution is -2.50. The summed E-state index contributed by atoms with van der Waals surface area (Å²) >= 11 is 5.92. The molecule has 0 amide bonds. The number of hydrogen-bond donors (Lipinski definition) is 2. The zero-order valence-corrected chi connectivity index (χ0v) is 23.2. The first-order valence-corrected chi connectivity index (χ1v) is 14.2. The maximum absolute atomic E-state index is 13.9. The number of Topliss-reactive ketones (excluding diaryl/α,β-unsaturated/α-hetero) is 1. The van der Waals surface area contributed by atoms with Crippen LogP contribution in [0.1, 0.15) is 59.3 Å². The Hall–Kier alpha value is -2.91. The highest BCUT2D eigenvalue weighted by Gasteiger charge is 2.78. The largest absolute Gasteiger partial charge is 0.460 e. The Morgan fingerprint density at radius 1 is 1.13 bits per heavy atom. The number of carbonyl (C=O) groups excluding carboxylic acids is 1. The molecule has 0 radical (unpaired) electrons. The van der Waals surface area contributed by atoms with Crippen molar-refractivity contribution >= 4 is 39.9 Å². The minimum atomic E-state index is -0.499. The Morgan fingerprint density at radius 2 is 1.90 bits per heavy atom. The molecule has 3 N–H and O–H groups in total. The van der Waals surface area contributed by atoms with E-state index in [0.29, 0.717) is 40.2 Å². The van der Waals surface area contributed by atoms with Gasteiger partial charge in [0.05, 0.1) is 16.6 Å². The molecule has 3 aromatic rings. The highest BCUT2D eigenvalue weighted by molar-refractivity contribution is 6.31. The molecule has 6 rings (SSSR count). The number of anilines is 2. The maximum Gasteiger partial charge on any atom is 0.317 e. The summed E-state index contributed by atoms with van der Waals surface area (Å²) in [6.45, 7) is 6.66. The summed E-state index contributed by atoms with van der Waals surface area (Å²) in [5.74, 6) is 1.11. The highest BCUT2D eigenvalue weighted by atomic mass is 35.5. The number of aromatic nitrogens is 4. The number of rotatable bonds is 6. The van der Waals surface area contributed by atoms with Gasteiger partial charge < -0.3 is 15.8 Å². The van der Waals surface area contributed by atoms with Crippen molar-refractivity contribution in [3.05, 3.63) is 41.6 Å². The van der Waals surface area contributed by atoms with Crippen molar-refractivity contribution in [1.29, 1.82) is 0 Å². The Kier molecular flexibility index (Phi) is 6.50. The Labute approximate surface area is 232 Å².